The highest BCUT2D eigenvalue weighted by Crippen LogP contribution is 2.39. The molecular formula is C29H16F4O5. The number of carbonyl (C=O) groups is 1. The molecule has 0 aliphatic heterocycles. The first-order chi connectivity index (χ1) is 18.2. The Hall–Kier alpha value is -4.92. The van der Waals surface area contributed by atoms with Crippen LogP contribution in [0.4, 0.5) is 17.6 Å². The van der Waals surface area contributed by atoms with Crippen LogP contribution in [0.15, 0.2) is 106 Å². The molecule has 0 fully saturated rings. The van der Waals surface area contributed by atoms with Crippen molar-refractivity contribution in [3.05, 3.63) is 124 Å². The zero-order valence-corrected chi connectivity index (χ0v) is 19.3. The number of rotatable bonds is 5. The Kier molecular flexibility index (Phi) is 6.42. The number of esters is 1. The molecule has 4 aromatic carbocycles. The largest absolute Gasteiger partial charge is 0.453 e. The summed E-state index contributed by atoms with van der Waals surface area (Å²) in [5.74, 6) is -4.25. The zero-order chi connectivity index (χ0) is 26.9. The van der Waals surface area contributed by atoms with E-state index in [-0.39, 0.29) is 22.4 Å². The van der Waals surface area contributed by atoms with Gasteiger partial charge in [0.1, 0.15) is 22.9 Å². The van der Waals surface area contributed by atoms with Crippen LogP contribution in [0.1, 0.15) is 16.1 Å². The molecule has 5 nitrogen and oxygen atoms in total. The minimum Gasteiger partial charge on any atom is -0.449 e. The Morgan fingerprint density at radius 3 is 2.05 bits per heavy atom. The minimum absolute atomic E-state index is 0.00618. The Bertz CT molecular complexity index is 1670. The Morgan fingerprint density at radius 2 is 1.39 bits per heavy atom. The van der Waals surface area contributed by atoms with Gasteiger partial charge in [0.05, 0.1) is 10.9 Å². The fourth-order valence-electron chi connectivity index (χ4n) is 3.72. The molecule has 0 saturated heterocycles. The van der Waals surface area contributed by atoms with Gasteiger partial charge in [-0.2, -0.15) is 13.2 Å². The molecule has 0 unspecified atom stereocenters. The molecule has 9 heteroatoms. The topological polar surface area (TPSA) is 65.7 Å². The van der Waals surface area contributed by atoms with Gasteiger partial charge in [-0.1, -0.05) is 42.5 Å². The molecule has 1 heterocycles. The van der Waals surface area contributed by atoms with Crippen molar-refractivity contribution in [2.24, 2.45) is 0 Å². The van der Waals surface area contributed by atoms with Crippen LogP contribution in [0.5, 0.6) is 17.2 Å². The molecule has 0 saturated carbocycles. The Balaban J connectivity index is 1.48. The maximum Gasteiger partial charge on any atom is 0.453 e. The maximum absolute atomic E-state index is 13.9. The summed E-state index contributed by atoms with van der Waals surface area (Å²) in [6, 6.07) is 23.4. The first kappa shape index (κ1) is 24.8. The van der Waals surface area contributed by atoms with Crippen LogP contribution in [0, 0.1) is 5.82 Å². The molecular weight excluding hydrogens is 504 g/mol. The second-order valence-corrected chi connectivity index (χ2v) is 8.13. The number of ether oxygens (including phenoxy) is 2. The predicted octanol–water partition coefficient (Wildman–Crippen LogP) is 7.63. The number of carbonyl (C=O) groups excluding carboxylic acids is 1. The molecule has 0 aliphatic rings. The predicted molar refractivity (Wildman–Crippen MR) is 131 cm³/mol. The van der Waals surface area contributed by atoms with Crippen LogP contribution >= 0.6 is 0 Å². The van der Waals surface area contributed by atoms with E-state index in [2.05, 4.69) is 0 Å². The summed E-state index contributed by atoms with van der Waals surface area (Å²) < 4.78 is 70.3. The SMILES string of the molecule is O=C(Oc1ccc2c(=O)c(Oc3ccc(-c4ccccc4)cc3)c(C(F)(F)F)oc2c1)c1ccc(F)cc1. The zero-order valence-electron chi connectivity index (χ0n) is 19.3. The van der Waals surface area contributed by atoms with E-state index >= 15 is 0 Å². The molecule has 0 radical (unpaired) electrons. The summed E-state index contributed by atoms with van der Waals surface area (Å²) in [5, 5.41) is -0.213. The van der Waals surface area contributed by atoms with Gasteiger partial charge in [0.25, 0.3) is 5.76 Å². The second kappa shape index (κ2) is 9.85. The standard InChI is InChI=1S/C29H16F4O5/c30-20-10-6-19(7-11-20)28(35)37-22-14-15-23-24(16-22)38-27(29(31,32)33)26(25(23)34)36-21-12-8-18(9-13-21)17-4-2-1-3-5-17/h1-16H. The van der Waals surface area contributed by atoms with Gasteiger partial charge in [-0.15, -0.1) is 0 Å². The van der Waals surface area contributed by atoms with Gasteiger partial charge in [0.15, 0.2) is 0 Å². The van der Waals surface area contributed by atoms with Crippen LogP contribution in [0.2, 0.25) is 0 Å². The minimum atomic E-state index is -5.06. The number of halogens is 4. The van der Waals surface area contributed by atoms with Gasteiger partial charge >= 0.3 is 12.1 Å². The molecule has 1 aromatic heterocycles. The molecule has 0 aliphatic carbocycles. The van der Waals surface area contributed by atoms with Crippen molar-refractivity contribution in [1.29, 1.82) is 0 Å². The highest BCUT2D eigenvalue weighted by atomic mass is 19.4. The summed E-state index contributed by atoms with van der Waals surface area (Å²) in [4.78, 5) is 25.3. The van der Waals surface area contributed by atoms with Crippen molar-refractivity contribution >= 4 is 16.9 Å². The molecule has 0 amide bonds. The van der Waals surface area contributed by atoms with Gasteiger partial charge < -0.3 is 13.9 Å². The summed E-state index contributed by atoms with van der Waals surface area (Å²) >= 11 is 0. The first-order valence-electron chi connectivity index (χ1n) is 11.2. The van der Waals surface area contributed by atoms with Crippen molar-refractivity contribution in [1.82, 2.24) is 0 Å². The lowest BCUT2D eigenvalue weighted by Crippen LogP contribution is -2.15. The first-order valence-corrected chi connectivity index (χ1v) is 11.2. The fraction of sp³-hybridized carbons (Fsp3) is 0.0345. The molecule has 0 spiro atoms. The van der Waals surface area contributed by atoms with Crippen LogP contribution in [-0.4, -0.2) is 5.97 Å². The average Bonchev–Trinajstić information content (AvgIpc) is 2.91. The molecule has 190 valence electrons. The van der Waals surface area contributed by atoms with Gasteiger partial charge in [-0.3, -0.25) is 4.79 Å². The lowest BCUT2D eigenvalue weighted by Gasteiger charge is -2.14. The third kappa shape index (κ3) is 5.12. The van der Waals surface area contributed by atoms with E-state index < -0.39 is 40.5 Å². The number of hydrogen-bond donors (Lipinski definition) is 0. The van der Waals surface area contributed by atoms with Crippen LogP contribution in [-0.2, 0) is 6.18 Å². The van der Waals surface area contributed by atoms with Gasteiger partial charge in [0, 0.05) is 6.07 Å². The van der Waals surface area contributed by atoms with Gasteiger partial charge in [0.2, 0.25) is 11.2 Å². The molecule has 0 N–H and O–H groups in total. The third-order valence-electron chi connectivity index (χ3n) is 5.55. The van der Waals surface area contributed by atoms with Gasteiger partial charge in [-0.25, -0.2) is 9.18 Å². The van der Waals surface area contributed by atoms with Gasteiger partial charge in [-0.05, 0) is 59.7 Å². The molecule has 38 heavy (non-hydrogen) atoms. The van der Waals surface area contributed by atoms with E-state index in [1.165, 1.54) is 36.4 Å². The van der Waals surface area contributed by atoms with Crippen molar-refractivity contribution in [3.63, 3.8) is 0 Å². The van der Waals surface area contributed by atoms with E-state index in [1.54, 1.807) is 12.1 Å². The van der Waals surface area contributed by atoms with E-state index in [4.69, 9.17) is 13.9 Å². The highest BCUT2D eigenvalue weighted by Gasteiger charge is 2.40. The van der Waals surface area contributed by atoms with E-state index in [0.717, 1.165) is 29.3 Å². The summed E-state index contributed by atoms with van der Waals surface area (Å²) in [6.07, 6.45) is -5.06. The number of hydrogen-bond acceptors (Lipinski definition) is 5. The normalized spacial score (nSPS) is 11.4. The van der Waals surface area contributed by atoms with Crippen LogP contribution in [0.25, 0.3) is 22.1 Å². The number of alkyl halides is 3. The van der Waals surface area contributed by atoms with Crippen LogP contribution in [0.3, 0.4) is 0 Å². The average molecular weight is 520 g/mol. The van der Waals surface area contributed by atoms with E-state index in [1.807, 2.05) is 30.3 Å². The van der Waals surface area contributed by atoms with Crippen molar-refractivity contribution in [2.45, 2.75) is 6.18 Å². The molecule has 0 atom stereocenters. The Labute approximate surface area is 212 Å². The molecule has 5 aromatic rings. The smallest absolute Gasteiger partial charge is 0.449 e. The van der Waals surface area contributed by atoms with Crippen molar-refractivity contribution in [3.8, 4) is 28.4 Å². The van der Waals surface area contributed by atoms with Crippen LogP contribution < -0.4 is 14.9 Å². The summed E-state index contributed by atoms with van der Waals surface area (Å²) in [5.41, 5.74) is 0.213. The molecule has 0 bridgehead atoms. The maximum atomic E-state index is 13.9. The summed E-state index contributed by atoms with van der Waals surface area (Å²) in [7, 11) is 0. The lowest BCUT2D eigenvalue weighted by molar-refractivity contribution is -0.154. The fourth-order valence-corrected chi connectivity index (χ4v) is 3.72. The monoisotopic (exact) mass is 520 g/mol. The second-order valence-electron chi connectivity index (χ2n) is 8.13. The summed E-state index contributed by atoms with van der Waals surface area (Å²) in [6.45, 7) is 0. The lowest BCUT2D eigenvalue weighted by atomic mass is 10.1. The van der Waals surface area contributed by atoms with Crippen molar-refractivity contribution in [2.75, 3.05) is 0 Å². The van der Waals surface area contributed by atoms with Crippen molar-refractivity contribution < 1.29 is 36.2 Å². The quantitative estimate of drug-likeness (QED) is 0.135. The Morgan fingerprint density at radius 1 is 0.763 bits per heavy atom. The van der Waals surface area contributed by atoms with E-state index in [0.29, 0.717) is 0 Å². The number of benzene rings is 4. The number of fused-ring (bicyclic) bond motifs is 1. The van der Waals surface area contributed by atoms with E-state index in [9.17, 15) is 27.2 Å². The molecule has 5 rings (SSSR count). The third-order valence-corrected chi connectivity index (χ3v) is 5.55. The highest BCUT2D eigenvalue weighted by molar-refractivity contribution is 5.91.